The molecule has 7 nitrogen and oxygen atoms in total. The maximum atomic E-state index is 12.2. The van der Waals surface area contributed by atoms with Gasteiger partial charge in [0.1, 0.15) is 0 Å². The van der Waals surface area contributed by atoms with Crippen molar-refractivity contribution in [3.8, 4) is 0 Å². The van der Waals surface area contributed by atoms with E-state index in [2.05, 4.69) is 36.1 Å². The van der Waals surface area contributed by atoms with Crippen molar-refractivity contribution in [2.75, 3.05) is 5.32 Å². The first-order valence-electron chi connectivity index (χ1n) is 7.95. The van der Waals surface area contributed by atoms with Gasteiger partial charge in [0.2, 0.25) is 5.95 Å². The molecule has 2 aromatic rings. The molecule has 0 spiro atoms. The van der Waals surface area contributed by atoms with Crippen LogP contribution in [0.3, 0.4) is 0 Å². The van der Waals surface area contributed by atoms with E-state index in [0.717, 1.165) is 25.7 Å². The van der Waals surface area contributed by atoms with Crippen molar-refractivity contribution in [2.24, 2.45) is 7.05 Å². The van der Waals surface area contributed by atoms with Gasteiger partial charge in [0.15, 0.2) is 11.2 Å². The van der Waals surface area contributed by atoms with Gasteiger partial charge in [-0.1, -0.05) is 26.7 Å². The Morgan fingerprint density at radius 2 is 2.00 bits per heavy atom. The van der Waals surface area contributed by atoms with Gasteiger partial charge in [-0.15, -0.1) is 0 Å². The summed E-state index contributed by atoms with van der Waals surface area (Å²) in [6.07, 6.45) is 4.12. The summed E-state index contributed by atoms with van der Waals surface area (Å²) < 4.78 is 3.28. The van der Waals surface area contributed by atoms with E-state index in [4.69, 9.17) is 0 Å². The Morgan fingerprint density at radius 3 is 2.64 bits per heavy atom. The Labute approximate surface area is 129 Å². The summed E-state index contributed by atoms with van der Waals surface area (Å²) in [4.78, 5) is 30.8. The quantitative estimate of drug-likeness (QED) is 0.764. The van der Waals surface area contributed by atoms with Crippen LogP contribution in [0, 0.1) is 0 Å². The fourth-order valence-corrected chi connectivity index (χ4v) is 2.40. The Hall–Kier alpha value is -2.05. The topological polar surface area (TPSA) is 84.7 Å². The van der Waals surface area contributed by atoms with Gasteiger partial charge < -0.3 is 9.88 Å². The summed E-state index contributed by atoms with van der Waals surface area (Å²) in [6, 6.07) is 0.248. The number of aryl methyl sites for hydroxylation is 2. The highest BCUT2D eigenvalue weighted by atomic mass is 16.2. The largest absolute Gasteiger partial charge is 0.353 e. The van der Waals surface area contributed by atoms with Crippen LogP contribution >= 0.6 is 0 Å². The van der Waals surface area contributed by atoms with Gasteiger partial charge in [-0.3, -0.25) is 14.3 Å². The van der Waals surface area contributed by atoms with Crippen LogP contribution in [-0.2, 0) is 13.6 Å². The Bertz CT molecular complexity index is 756. The molecular formula is C15H25N5O2. The zero-order valence-electron chi connectivity index (χ0n) is 13.8. The van der Waals surface area contributed by atoms with Crippen molar-refractivity contribution in [3.05, 3.63) is 20.8 Å². The molecule has 0 radical (unpaired) electrons. The minimum Gasteiger partial charge on any atom is -0.353 e. The maximum Gasteiger partial charge on any atom is 0.329 e. The third-order valence-electron chi connectivity index (χ3n) is 3.98. The highest BCUT2D eigenvalue weighted by Gasteiger charge is 2.17. The lowest BCUT2D eigenvalue weighted by Gasteiger charge is -2.14. The lowest BCUT2D eigenvalue weighted by Crippen LogP contribution is -2.29. The molecule has 7 heteroatoms. The number of hydrogen-bond donors (Lipinski definition) is 2. The minimum atomic E-state index is -0.439. The van der Waals surface area contributed by atoms with Gasteiger partial charge in [0.05, 0.1) is 0 Å². The molecule has 0 aliphatic heterocycles. The maximum absolute atomic E-state index is 12.2. The molecule has 2 heterocycles. The summed E-state index contributed by atoms with van der Waals surface area (Å²) in [7, 11) is 1.62. The molecule has 0 saturated carbocycles. The van der Waals surface area contributed by atoms with Crippen molar-refractivity contribution in [1.29, 1.82) is 0 Å². The van der Waals surface area contributed by atoms with E-state index in [1.54, 1.807) is 7.05 Å². The molecule has 1 atom stereocenters. The summed E-state index contributed by atoms with van der Waals surface area (Å²) in [5.41, 5.74) is 0.0742. The molecular weight excluding hydrogens is 282 g/mol. The van der Waals surface area contributed by atoms with Crippen molar-refractivity contribution in [3.63, 3.8) is 0 Å². The van der Waals surface area contributed by atoms with E-state index in [1.165, 1.54) is 4.57 Å². The normalized spacial score (nSPS) is 12.7. The zero-order chi connectivity index (χ0) is 16.3. The lowest BCUT2D eigenvalue weighted by molar-refractivity contribution is 0.609. The SMILES string of the molecule is CCCCCn1c(NC(C)CC)nc2c1c(=O)[nH]c(=O)n2C. The first-order valence-corrected chi connectivity index (χ1v) is 7.95. The summed E-state index contributed by atoms with van der Waals surface area (Å²) in [5, 5.41) is 3.33. The summed E-state index contributed by atoms with van der Waals surface area (Å²) in [6.45, 7) is 7.01. The summed E-state index contributed by atoms with van der Waals surface area (Å²) >= 11 is 0. The lowest BCUT2D eigenvalue weighted by atomic mass is 10.2. The van der Waals surface area contributed by atoms with Crippen LogP contribution in [0.5, 0.6) is 0 Å². The monoisotopic (exact) mass is 307 g/mol. The molecule has 0 amide bonds. The second kappa shape index (κ2) is 6.81. The molecule has 0 bridgehead atoms. The third-order valence-corrected chi connectivity index (χ3v) is 3.98. The van der Waals surface area contributed by atoms with E-state index < -0.39 is 5.69 Å². The molecule has 1 unspecified atom stereocenters. The number of unbranched alkanes of at least 4 members (excludes halogenated alkanes) is 2. The Balaban J connectivity index is 2.58. The van der Waals surface area contributed by atoms with E-state index in [0.29, 0.717) is 23.7 Å². The average molecular weight is 307 g/mol. The van der Waals surface area contributed by atoms with Gasteiger partial charge >= 0.3 is 5.69 Å². The summed E-state index contributed by atoms with van der Waals surface area (Å²) in [5.74, 6) is 0.659. The molecule has 2 rings (SSSR count). The number of aromatic nitrogens is 4. The molecule has 0 aromatic carbocycles. The van der Waals surface area contributed by atoms with Crippen LogP contribution in [0.4, 0.5) is 5.95 Å². The predicted molar refractivity (Wildman–Crippen MR) is 88.5 cm³/mol. The van der Waals surface area contributed by atoms with Gasteiger partial charge in [-0.05, 0) is 19.8 Å². The van der Waals surface area contributed by atoms with Crippen LogP contribution in [-0.4, -0.2) is 25.1 Å². The number of fused-ring (bicyclic) bond motifs is 1. The average Bonchev–Trinajstić information content (AvgIpc) is 2.84. The Kier molecular flexibility index (Phi) is 5.05. The molecule has 22 heavy (non-hydrogen) atoms. The molecule has 0 saturated heterocycles. The number of hydrogen-bond acceptors (Lipinski definition) is 4. The van der Waals surface area contributed by atoms with Gasteiger partial charge in [-0.2, -0.15) is 4.98 Å². The van der Waals surface area contributed by atoms with Crippen LogP contribution in [0.15, 0.2) is 9.59 Å². The first-order chi connectivity index (χ1) is 10.5. The van der Waals surface area contributed by atoms with Gasteiger partial charge in [0.25, 0.3) is 5.56 Å². The van der Waals surface area contributed by atoms with Crippen molar-refractivity contribution in [1.82, 2.24) is 19.1 Å². The molecule has 122 valence electrons. The molecule has 0 fully saturated rings. The highest BCUT2D eigenvalue weighted by molar-refractivity contribution is 5.74. The number of aromatic amines is 1. The third kappa shape index (κ3) is 3.08. The molecule has 0 aliphatic carbocycles. The fourth-order valence-electron chi connectivity index (χ4n) is 2.40. The number of nitrogens with zero attached hydrogens (tertiary/aromatic N) is 3. The number of rotatable bonds is 7. The van der Waals surface area contributed by atoms with E-state index in [1.807, 2.05) is 4.57 Å². The van der Waals surface area contributed by atoms with E-state index >= 15 is 0 Å². The number of H-pyrrole nitrogens is 1. The zero-order valence-corrected chi connectivity index (χ0v) is 13.8. The van der Waals surface area contributed by atoms with Crippen molar-refractivity contribution >= 4 is 17.1 Å². The second-order valence-electron chi connectivity index (χ2n) is 5.74. The van der Waals surface area contributed by atoms with Crippen molar-refractivity contribution in [2.45, 2.75) is 59.0 Å². The standard InChI is InChI=1S/C15H25N5O2/c1-5-7-8-9-20-11-12(17-14(20)16-10(3)6-2)19(4)15(22)18-13(11)21/h10H,5-9H2,1-4H3,(H,16,17)(H,18,21,22). The molecule has 2 aromatic heterocycles. The number of anilines is 1. The van der Waals surface area contributed by atoms with Crippen molar-refractivity contribution < 1.29 is 0 Å². The first kappa shape index (κ1) is 16.3. The molecule has 0 aliphatic rings. The number of nitrogens with one attached hydrogen (secondary N) is 2. The van der Waals surface area contributed by atoms with Crippen LogP contribution in [0.25, 0.3) is 11.2 Å². The van der Waals surface area contributed by atoms with E-state index in [-0.39, 0.29) is 11.6 Å². The van der Waals surface area contributed by atoms with Crippen LogP contribution in [0.2, 0.25) is 0 Å². The van der Waals surface area contributed by atoms with Crippen LogP contribution in [0.1, 0.15) is 46.5 Å². The Morgan fingerprint density at radius 1 is 1.27 bits per heavy atom. The highest BCUT2D eigenvalue weighted by Crippen LogP contribution is 2.18. The fraction of sp³-hybridized carbons (Fsp3) is 0.667. The smallest absolute Gasteiger partial charge is 0.329 e. The minimum absolute atomic E-state index is 0.248. The second-order valence-corrected chi connectivity index (χ2v) is 5.74. The van der Waals surface area contributed by atoms with Crippen LogP contribution < -0.4 is 16.6 Å². The number of imidazole rings is 1. The van der Waals surface area contributed by atoms with Gasteiger partial charge in [0, 0.05) is 19.6 Å². The predicted octanol–water partition coefficient (Wildman–Crippen LogP) is 1.82. The molecule has 2 N–H and O–H groups in total. The van der Waals surface area contributed by atoms with Gasteiger partial charge in [-0.25, -0.2) is 4.79 Å². The van der Waals surface area contributed by atoms with E-state index in [9.17, 15) is 9.59 Å².